The highest BCUT2D eigenvalue weighted by Gasteiger charge is 2.17. The highest BCUT2D eigenvalue weighted by molar-refractivity contribution is 5.15. The third kappa shape index (κ3) is 3.47. The molecule has 112 valence electrons. The van der Waals surface area contributed by atoms with Gasteiger partial charge in [-0.15, -0.1) is 0 Å². The van der Waals surface area contributed by atoms with Gasteiger partial charge in [-0.1, -0.05) is 19.3 Å². The first-order chi connectivity index (χ1) is 10.4. The molecule has 0 bridgehead atoms. The van der Waals surface area contributed by atoms with Crippen LogP contribution in [0.15, 0.2) is 30.7 Å². The Kier molecular flexibility index (Phi) is 4.60. The van der Waals surface area contributed by atoms with Crippen molar-refractivity contribution in [2.24, 2.45) is 0 Å². The van der Waals surface area contributed by atoms with Crippen LogP contribution in [0.1, 0.15) is 55.4 Å². The van der Waals surface area contributed by atoms with Crippen LogP contribution in [0.5, 0.6) is 0 Å². The van der Waals surface area contributed by atoms with Crippen molar-refractivity contribution >= 4 is 0 Å². The highest BCUT2D eigenvalue weighted by atomic mass is 15.3. The van der Waals surface area contributed by atoms with E-state index < -0.39 is 0 Å². The molecule has 1 aliphatic carbocycles. The van der Waals surface area contributed by atoms with Crippen LogP contribution < -0.4 is 5.32 Å². The molecule has 1 fully saturated rings. The Morgan fingerprint density at radius 2 is 2.10 bits per heavy atom. The third-order valence-electron chi connectivity index (χ3n) is 4.38. The molecule has 2 heterocycles. The van der Waals surface area contributed by atoms with Crippen molar-refractivity contribution in [2.45, 2.75) is 50.6 Å². The van der Waals surface area contributed by atoms with Crippen LogP contribution in [0.3, 0.4) is 0 Å². The van der Waals surface area contributed by atoms with Gasteiger partial charge in [0.2, 0.25) is 0 Å². The molecule has 1 aliphatic rings. The zero-order chi connectivity index (χ0) is 14.5. The van der Waals surface area contributed by atoms with Gasteiger partial charge in [0.15, 0.2) is 0 Å². The Balaban J connectivity index is 1.68. The molecule has 0 saturated heterocycles. The lowest BCUT2D eigenvalue weighted by Gasteiger charge is -2.22. The molecule has 0 aliphatic heterocycles. The van der Waals surface area contributed by atoms with E-state index in [9.17, 15) is 0 Å². The van der Waals surface area contributed by atoms with Crippen LogP contribution in [0.4, 0.5) is 0 Å². The molecule has 3 rings (SSSR count). The van der Waals surface area contributed by atoms with Gasteiger partial charge in [0.25, 0.3) is 0 Å². The second kappa shape index (κ2) is 6.80. The van der Waals surface area contributed by atoms with Crippen LogP contribution in [0.25, 0.3) is 0 Å². The molecule has 2 aromatic heterocycles. The minimum Gasteiger partial charge on any atom is -0.313 e. The molecular weight excluding hydrogens is 262 g/mol. The Morgan fingerprint density at radius 1 is 1.24 bits per heavy atom. The molecule has 5 heteroatoms. The lowest BCUT2D eigenvalue weighted by Crippen LogP contribution is -2.20. The van der Waals surface area contributed by atoms with Gasteiger partial charge in [-0.2, -0.15) is 15.3 Å². The fourth-order valence-corrected chi connectivity index (χ4v) is 3.14. The molecular formula is C16H23N5. The Bertz CT molecular complexity index is 545. The second-order valence-electron chi connectivity index (χ2n) is 5.80. The molecule has 0 aromatic carbocycles. The van der Waals surface area contributed by atoms with E-state index in [1.807, 2.05) is 19.3 Å². The van der Waals surface area contributed by atoms with Crippen molar-refractivity contribution in [3.05, 3.63) is 42.0 Å². The Morgan fingerprint density at radius 3 is 2.81 bits per heavy atom. The van der Waals surface area contributed by atoms with Gasteiger partial charge in [0.1, 0.15) is 0 Å². The number of aromatic nitrogens is 4. The summed E-state index contributed by atoms with van der Waals surface area (Å²) in [5, 5.41) is 15.9. The predicted octanol–water partition coefficient (Wildman–Crippen LogP) is 2.68. The van der Waals surface area contributed by atoms with Crippen LogP contribution >= 0.6 is 0 Å². The normalized spacial score (nSPS) is 17.8. The van der Waals surface area contributed by atoms with Crippen LogP contribution in [-0.2, 0) is 6.42 Å². The van der Waals surface area contributed by atoms with Crippen LogP contribution in [-0.4, -0.2) is 27.0 Å². The van der Waals surface area contributed by atoms with Gasteiger partial charge in [-0.05, 0) is 37.6 Å². The van der Waals surface area contributed by atoms with Gasteiger partial charge in [0, 0.05) is 24.9 Å². The number of rotatable bonds is 5. The average Bonchev–Trinajstić information content (AvgIpc) is 3.03. The first-order valence-electron chi connectivity index (χ1n) is 7.84. The molecule has 1 N–H and O–H groups in total. The molecule has 2 aromatic rings. The number of nitrogens with zero attached hydrogens (tertiary/aromatic N) is 4. The molecule has 21 heavy (non-hydrogen) atoms. The monoisotopic (exact) mass is 285 g/mol. The zero-order valence-electron chi connectivity index (χ0n) is 12.6. The van der Waals surface area contributed by atoms with Gasteiger partial charge >= 0.3 is 0 Å². The summed E-state index contributed by atoms with van der Waals surface area (Å²) in [6.45, 7) is 0. The van der Waals surface area contributed by atoms with Crippen molar-refractivity contribution in [1.82, 2.24) is 25.3 Å². The first-order valence-corrected chi connectivity index (χ1v) is 7.84. The third-order valence-corrected chi connectivity index (χ3v) is 4.38. The zero-order valence-corrected chi connectivity index (χ0v) is 12.6. The van der Waals surface area contributed by atoms with E-state index in [2.05, 4.69) is 32.5 Å². The van der Waals surface area contributed by atoms with E-state index in [0.29, 0.717) is 6.04 Å². The average molecular weight is 285 g/mol. The summed E-state index contributed by atoms with van der Waals surface area (Å²) in [6, 6.07) is 4.98. The highest BCUT2D eigenvalue weighted by Crippen LogP contribution is 2.27. The fraction of sp³-hybridized carbons (Fsp3) is 0.562. The molecule has 1 saturated carbocycles. The second-order valence-corrected chi connectivity index (χ2v) is 5.80. The maximum absolute atomic E-state index is 4.79. The molecule has 1 atom stereocenters. The van der Waals surface area contributed by atoms with Gasteiger partial charge in [-0.25, -0.2) is 0 Å². The maximum Gasteiger partial charge on any atom is 0.0643 e. The summed E-state index contributed by atoms with van der Waals surface area (Å²) in [4.78, 5) is 0. The minimum atomic E-state index is 0.232. The Hall–Kier alpha value is -1.75. The molecule has 0 amide bonds. The van der Waals surface area contributed by atoms with Crippen LogP contribution in [0.2, 0.25) is 0 Å². The van der Waals surface area contributed by atoms with E-state index in [-0.39, 0.29) is 6.04 Å². The SMILES string of the molecule is CNC(Cc1ccn(C2CCCCC2)n1)c1ccnnc1. The summed E-state index contributed by atoms with van der Waals surface area (Å²) < 4.78 is 2.17. The maximum atomic E-state index is 4.79. The van der Waals surface area contributed by atoms with E-state index >= 15 is 0 Å². The quantitative estimate of drug-likeness (QED) is 0.917. The molecule has 1 unspecified atom stereocenters. The van der Waals surface area contributed by atoms with E-state index in [0.717, 1.165) is 17.7 Å². The van der Waals surface area contributed by atoms with Crippen molar-refractivity contribution in [1.29, 1.82) is 0 Å². The van der Waals surface area contributed by atoms with Crippen molar-refractivity contribution in [3.63, 3.8) is 0 Å². The molecule has 0 spiro atoms. The lowest BCUT2D eigenvalue weighted by atomic mass is 9.96. The van der Waals surface area contributed by atoms with Crippen molar-refractivity contribution < 1.29 is 0 Å². The van der Waals surface area contributed by atoms with E-state index in [1.165, 1.54) is 32.1 Å². The summed E-state index contributed by atoms with van der Waals surface area (Å²) >= 11 is 0. The summed E-state index contributed by atoms with van der Waals surface area (Å²) in [6.07, 6.45) is 13.2. The molecule has 5 nitrogen and oxygen atoms in total. The number of likely N-dealkylation sites (N-methyl/N-ethyl adjacent to an activating group) is 1. The summed E-state index contributed by atoms with van der Waals surface area (Å²) in [5.41, 5.74) is 2.29. The summed E-state index contributed by atoms with van der Waals surface area (Å²) in [7, 11) is 1.98. The topological polar surface area (TPSA) is 55.6 Å². The van der Waals surface area contributed by atoms with Crippen molar-refractivity contribution in [3.8, 4) is 0 Å². The lowest BCUT2D eigenvalue weighted by molar-refractivity contribution is 0.327. The molecule has 0 radical (unpaired) electrons. The number of nitrogens with one attached hydrogen (secondary N) is 1. The number of hydrogen-bond donors (Lipinski definition) is 1. The smallest absolute Gasteiger partial charge is 0.0643 e. The van der Waals surface area contributed by atoms with Gasteiger partial charge < -0.3 is 5.32 Å². The fourth-order valence-electron chi connectivity index (χ4n) is 3.14. The minimum absolute atomic E-state index is 0.232. The first kappa shape index (κ1) is 14.2. The Labute approximate surface area is 125 Å². The van der Waals surface area contributed by atoms with E-state index in [4.69, 9.17) is 5.10 Å². The standard InChI is InChI=1S/C16H23N5/c1-17-16(13-7-9-18-19-12-13)11-14-8-10-21(20-14)15-5-3-2-4-6-15/h7-10,12,15-17H,2-6,11H2,1H3. The predicted molar refractivity (Wildman–Crippen MR) is 81.9 cm³/mol. The van der Waals surface area contributed by atoms with Crippen LogP contribution in [0, 0.1) is 0 Å². The summed E-state index contributed by atoms with van der Waals surface area (Å²) in [5.74, 6) is 0. The van der Waals surface area contributed by atoms with Gasteiger partial charge in [0.05, 0.1) is 17.9 Å². The van der Waals surface area contributed by atoms with E-state index in [1.54, 1.807) is 6.20 Å². The number of hydrogen-bond acceptors (Lipinski definition) is 4. The largest absolute Gasteiger partial charge is 0.313 e. The van der Waals surface area contributed by atoms with Crippen molar-refractivity contribution in [2.75, 3.05) is 7.05 Å². The van der Waals surface area contributed by atoms with Gasteiger partial charge in [-0.3, -0.25) is 4.68 Å².